The third-order valence-corrected chi connectivity index (χ3v) is 3.58. The molecule has 4 heteroatoms. The van der Waals surface area contributed by atoms with E-state index in [-0.39, 0.29) is 0 Å². The van der Waals surface area contributed by atoms with Gasteiger partial charge in [-0.2, -0.15) is 0 Å². The van der Waals surface area contributed by atoms with Crippen molar-refractivity contribution in [3.8, 4) is 0 Å². The van der Waals surface area contributed by atoms with Crippen molar-refractivity contribution in [3.05, 3.63) is 59.7 Å². The molecule has 2 N–H and O–H groups in total. The Bertz CT molecular complexity index is 643. The minimum absolute atomic E-state index is 0.615. The van der Waals surface area contributed by atoms with E-state index in [0.29, 0.717) is 5.11 Å². The smallest absolute Gasteiger partial charge is 0.170 e. The van der Waals surface area contributed by atoms with E-state index in [2.05, 4.69) is 64.1 Å². The minimum atomic E-state index is 0.615. The predicted molar refractivity (Wildman–Crippen MR) is 101 cm³/mol. The first kappa shape index (κ1) is 16.0. The Kier molecular flexibility index (Phi) is 5.55. The molecular formula is C18H21N3S. The molecular weight excluding hydrogens is 290 g/mol. The Morgan fingerprint density at radius 3 is 1.86 bits per heavy atom. The summed E-state index contributed by atoms with van der Waals surface area (Å²) in [5, 5.41) is 6.61. The Morgan fingerprint density at radius 2 is 1.41 bits per heavy atom. The van der Waals surface area contributed by atoms with Crippen LogP contribution < -0.4 is 15.5 Å². The summed E-state index contributed by atoms with van der Waals surface area (Å²) in [5.41, 5.74) is 4.52. The molecule has 0 atom stereocenters. The summed E-state index contributed by atoms with van der Waals surface area (Å²) in [4.78, 5) is 2.09. The van der Waals surface area contributed by atoms with Crippen LogP contribution in [-0.4, -0.2) is 26.3 Å². The highest BCUT2D eigenvalue weighted by Crippen LogP contribution is 2.15. The van der Waals surface area contributed by atoms with Crippen LogP contribution in [-0.2, 0) is 0 Å². The molecule has 0 saturated carbocycles. The highest BCUT2D eigenvalue weighted by molar-refractivity contribution is 7.80. The first-order valence-corrected chi connectivity index (χ1v) is 7.53. The van der Waals surface area contributed by atoms with E-state index in [0.717, 1.165) is 11.3 Å². The van der Waals surface area contributed by atoms with Gasteiger partial charge in [-0.05, 0) is 47.6 Å². The van der Waals surface area contributed by atoms with Crippen molar-refractivity contribution in [2.45, 2.75) is 0 Å². The number of anilines is 2. The topological polar surface area (TPSA) is 27.3 Å². The largest absolute Gasteiger partial charge is 0.378 e. The first-order valence-electron chi connectivity index (χ1n) is 7.13. The molecule has 22 heavy (non-hydrogen) atoms. The quantitative estimate of drug-likeness (QED) is 0.663. The fourth-order valence-electron chi connectivity index (χ4n) is 1.95. The molecule has 0 radical (unpaired) electrons. The van der Waals surface area contributed by atoms with E-state index in [1.807, 2.05) is 26.2 Å². The third-order valence-electron chi connectivity index (χ3n) is 3.27. The lowest BCUT2D eigenvalue weighted by Crippen LogP contribution is -2.23. The SMILES string of the molecule is CNC(=S)Nc1ccc(C=Cc2ccc(N(C)C)cc2)cc1. The van der Waals surface area contributed by atoms with Gasteiger partial charge in [-0.25, -0.2) is 0 Å². The van der Waals surface area contributed by atoms with E-state index < -0.39 is 0 Å². The molecule has 0 amide bonds. The predicted octanol–water partition coefficient (Wildman–Crippen LogP) is 3.84. The second-order valence-electron chi connectivity index (χ2n) is 5.15. The van der Waals surface area contributed by atoms with Crippen LogP contribution in [0.3, 0.4) is 0 Å². The van der Waals surface area contributed by atoms with Crippen molar-refractivity contribution in [1.82, 2.24) is 5.32 Å². The van der Waals surface area contributed by atoms with Gasteiger partial charge in [0.15, 0.2) is 5.11 Å². The average molecular weight is 311 g/mol. The van der Waals surface area contributed by atoms with E-state index in [1.54, 1.807) is 7.05 Å². The van der Waals surface area contributed by atoms with Gasteiger partial charge in [-0.1, -0.05) is 36.4 Å². The van der Waals surface area contributed by atoms with Crippen LogP contribution in [0, 0.1) is 0 Å². The molecule has 0 heterocycles. The van der Waals surface area contributed by atoms with Gasteiger partial charge >= 0.3 is 0 Å². The van der Waals surface area contributed by atoms with Crippen molar-refractivity contribution >= 4 is 40.9 Å². The zero-order chi connectivity index (χ0) is 15.9. The van der Waals surface area contributed by atoms with Gasteiger partial charge in [0, 0.05) is 32.5 Å². The number of hydrogen-bond acceptors (Lipinski definition) is 2. The Labute approximate surface area is 137 Å². The van der Waals surface area contributed by atoms with Crippen molar-refractivity contribution in [2.24, 2.45) is 0 Å². The standard InChI is InChI=1S/C18H21N3S/c1-19-18(22)20-16-10-6-14(7-11-16)4-5-15-8-12-17(13-9-15)21(2)3/h4-13H,1-3H3,(H2,19,20,22). The lowest BCUT2D eigenvalue weighted by atomic mass is 10.1. The van der Waals surface area contributed by atoms with Gasteiger partial charge in [0.05, 0.1) is 0 Å². The molecule has 0 unspecified atom stereocenters. The van der Waals surface area contributed by atoms with Crippen LogP contribution >= 0.6 is 12.2 Å². The summed E-state index contributed by atoms with van der Waals surface area (Å²) < 4.78 is 0. The van der Waals surface area contributed by atoms with Crippen LogP contribution in [0.5, 0.6) is 0 Å². The summed E-state index contributed by atoms with van der Waals surface area (Å²) in [7, 11) is 5.88. The van der Waals surface area contributed by atoms with Gasteiger partial charge in [0.25, 0.3) is 0 Å². The monoisotopic (exact) mass is 311 g/mol. The van der Waals surface area contributed by atoms with Crippen LogP contribution in [0.15, 0.2) is 48.5 Å². The van der Waals surface area contributed by atoms with E-state index in [1.165, 1.54) is 11.3 Å². The maximum atomic E-state index is 5.07. The first-order chi connectivity index (χ1) is 10.6. The second-order valence-corrected chi connectivity index (χ2v) is 5.55. The van der Waals surface area contributed by atoms with Crippen molar-refractivity contribution < 1.29 is 0 Å². The summed E-state index contributed by atoms with van der Waals surface area (Å²) >= 11 is 5.07. The van der Waals surface area contributed by atoms with Crippen LogP contribution in [0.2, 0.25) is 0 Å². The molecule has 0 fully saturated rings. The van der Waals surface area contributed by atoms with E-state index in [4.69, 9.17) is 12.2 Å². The number of nitrogens with one attached hydrogen (secondary N) is 2. The number of benzene rings is 2. The molecule has 2 aromatic rings. The summed E-state index contributed by atoms with van der Waals surface area (Å²) in [6.07, 6.45) is 4.21. The Morgan fingerprint density at radius 1 is 0.909 bits per heavy atom. The molecule has 0 aliphatic carbocycles. The van der Waals surface area contributed by atoms with E-state index in [9.17, 15) is 0 Å². The Hall–Kier alpha value is -2.33. The minimum Gasteiger partial charge on any atom is -0.378 e. The zero-order valence-corrected chi connectivity index (χ0v) is 13.9. The van der Waals surface area contributed by atoms with Crippen molar-refractivity contribution in [2.75, 3.05) is 31.4 Å². The highest BCUT2D eigenvalue weighted by atomic mass is 32.1. The van der Waals surface area contributed by atoms with E-state index >= 15 is 0 Å². The maximum absolute atomic E-state index is 5.07. The second kappa shape index (κ2) is 7.61. The maximum Gasteiger partial charge on any atom is 0.170 e. The molecule has 3 nitrogen and oxygen atoms in total. The third kappa shape index (κ3) is 4.60. The lowest BCUT2D eigenvalue weighted by molar-refractivity contribution is 1.13. The molecule has 0 aliphatic rings. The van der Waals surface area contributed by atoms with Crippen LogP contribution in [0.25, 0.3) is 12.2 Å². The normalized spacial score (nSPS) is 10.5. The van der Waals surface area contributed by atoms with Crippen molar-refractivity contribution in [3.63, 3.8) is 0 Å². The summed E-state index contributed by atoms with van der Waals surface area (Å²) in [5.74, 6) is 0. The molecule has 0 aliphatic heterocycles. The van der Waals surface area contributed by atoms with Gasteiger partial charge in [0.2, 0.25) is 0 Å². The fraction of sp³-hybridized carbons (Fsp3) is 0.167. The molecule has 2 rings (SSSR count). The molecule has 0 spiro atoms. The lowest BCUT2D eigenvalue weighted by Gasteiger charge is -2.11. The zero-order valence-electron chi connectivity index (χ0n) is 13.1. The molecule has 0 aromatic heterocycles. The van der Waals surface area contributed by atoms with Crippen molar-refractivity contribution in [1.29, 1.82) is 0 Å². The van der Waals surface area contributed by atoms with Gasteiger partial charge in [0.1, 0.15) is 0 Å². The average Bonchev–Trinajstić information content (AvgIpc) is 2.54. The number of hydrogen-bond donors (Lipinski definition) is 2. The number of rotatable bonds is 4. The highest BCUT2D eigenvalue weighted by Gasteiger charge is 1.96. The number of thiocarbonyl (C=S) groups is 1. The van der Waals surface area contributed by atoms with Gasteiger partial charge in [-0.15, -0.1) is 0 Å². The van der Waals surface area contributed by atoms with Gasteiger partial charge < -0.3 is 15.5 Å². The van der Waals surface area contributed by atoms with Crippen LogP contribution in [0.1, 0.15) is 11.1 Å². The molecule has 0 saturated heterocycles. The number of nitrogens with zero attached hydrogens (tertiary/aromatic N) is 1. The van der Waals surface area contributed by atoms with Crippen LogP contribution in [0.4, 0.5) is 11.4 Å². The molecule has 2 aromatic carbocycles. The molecule has 0 bridgehead atoms. The summed E-state index contributed by atoms with van der Waals surface area (Å²) in [6.45, 7) is 0. The fourth-order valence-corrected chi connectivity index (χ4v) is 2.07. The summed E-state index contributed by atoms with van der Waals surface area (Å²) in [6, 6.07) is 16.6. The van der Waals surface area contributed by atoms with Gasteiger partial charge in [-0.3, -0.25) is 0 Å². The molecule has 114 valence electrons. The Balaban J connectivity index is 2.02.